The fraction of sp³-hybridized carbons (Fsp3) is 0.667. The van der Waals surface area contributed by atoms with Crippen LogP contribution < -0.4 is 9.64 Å². The van der Waals surface area contributed by atoms with Gasteiger partial charge in [-0.15, -0.1) is 0 Å². The largest absolute Gasteiger partial charge is 0.490 e. The minimum Gasteiger partial charge on any atom is -0.490 e. The van der Waals surface area contributed by atoms with Crippen LogP contribution in [0.2, 0.25) is 0 Å². The first-order valence-corrected chi connectivity index (χ1v) is 10.2. The standard InChI is InChI=1S/C21H31N3O5/c1-6-15-11-17(24(26)27)18(28-5)12-16(15)22-9-7-21(8-10-22)13-23(14-21)19(25)29-20(2,3)4/h11-12H,6-10,13-14H2,1-5H3. The zero-order chi connectivity index (χ0) is 21.4. The van der Waals surface area contributed by atoms with E-state index in [1.54, 1.807) is 17.0 Å². The molecule has 2 fully saturated rings. The van der Waals surface area contributed by atoms with Gasteiger partial charge in [0.1, 0.15) is 5.60 Å². The summed E-state index contributed by atoms with van der Waals surface area (Å²) in [5.41, 5.74) is 1.65. The molecular formula is C21H31N3O5. The minimum absolute atomic E-state index is 0.00794. The maximum Gasteiger partial charge on any atom is 0.410 e. The van der Waals surface area contributed by atoms with Crippen LogP contribution in [0.15, 0.2) is 12.1 Å². The molecule has 0 unspecified atom stereocenters. The van der Waals surface area contributed by atoms with Gasteiger partial charge in [-0.3, -0.25) is 10.1 Å². The van der Waals surface area contributed by atoms with Crippen LogP contribution in [0.3, 0.4) is 0 Å². The molecule has 1 spiro atoms. The Hall–Kier alpha value is -2.51. The number of ether oxygens (including phenoxy) is 2. The third-order valence-corrected chi connectivity index (χ3v) is 5.83. The highest BCUT2D eigenvalue weighted by Gasteiger charge is 2.48. The van der Waals surface area contributed by atoms with E-state index in [4.69, 9.17) is 9.47 Å². The van der Waals surface area contributed by atoms with Crippen molar-refractivity contribution in [3.8, 4) is 5.75 Å². The zero-order valence-electron chi connectivity index (χ0n) is 18.0. The normalized spacial score (nSPS) is 18.4. The predicted molar refractivity (Wildman–Crippen MR) is 111 cm³/mol. The summed E-state index contributed by atoms with van der Waals surface area (Å²) in [6, 6.07) is 3.43. The van der Waals surface area contributed by atoms with Crippen LogP contribution >= 0.6 is 0 Å². The molecule has 1 amide bonds. The van der Waals surface area contributed by atoms with Crippen LogP contribution in [-0.4, -0.2) is 54.8 Å². The highest BCUT2D eigenvalue weighted by atomic mass is 16.6. The molecule has 0 saturated carbocycles. The number of nitro benzene ring substituents is 1. The van der Waals surface area contributed by atoms with Gasteiger partial charge < -0.3 is 19.3 Å². The Kier molecular flexibility index (Phi) is 5.65. The molecule has 2 saturated heterocycles. The van der Waals surface area contributed by atoms with E-state index in [1.165, 1.54) is 7.11 Å². The van der Waals surface area contributed by atoms with E-state index in [0.29, 0.717) is 12.2 Å². The highest BCUT2D eigenvalue weighted by Crippen LogP contribution is 2.43. The molecule has 0 atom stereocenters. The Morgan fingerprint density at radius 3 is 2.34 bits per heavy atom. The SMILES string of the molecule is CCc1cc([N+](=O)[O-])c(OC)cc1N1CCC2(CC1)CN(C(=O)OC(C)(C)C)C2. The van der Waals surface area contributed by atoms with E-state index < -0.39 is 10.5 Å². The number of anilines is 1. The van der Waals surface area contributed by atoms with Gasteiger partial charge in [-0.2, -0.15) is 0 Å². The summed E-state index contributed by atoms with van der Waals surface area (Å²) >= 11 is 0. The number of hydrogen-bond acceptors (Lipinski definition) is 6. The van der Waals surface area contributed by atoms with Crippen molar-refractivity contribution >= 4 is 17.5 Å². The number of carbonyl (C=O) groups excluding carboxylic acids is 1. The number of methoxy groups -OCH3 is 1. The number of amides is 1. The van der Waals surface area contributed by atoms with E-state index in [0.717, 1.165) is 50.3 Å². The van der Waals surface area contributed by atoms with Gasteiger partial charge in [0.05, 0.1) is 12.0 Å². The third kappa shape index (κ3) is 4.41. The van der Waals surface area contributed by atoms with Crippen LogP contribution in [0, 0.1) is 15.5 Å². The molecule has 8 heteroatoms. The Morgan fingerprint density at radius 2 is 1.86 bits per heavy atom. The van der Waals surface area contributed by atoms with E-state index in [9.17, 15) is 14.9 Å². The lowest BCUT2D eigenvalue weighted by molar-refractivity contribution is -0.385. The first kappa shape index (κ1) is 21.2. The second kappa shape index (κ2) is 7.72. The molecule has 0 aromatic heterocycles. The summed E-state index contributed by atoms with van der Waals surface area (Å²) < 4.78 is 10.7. The summed E-state index contributed by atoms with van der Waals surface area (Å²) in [5, 5.41) is 11.3. The second-order valence-electron chi connectivity index (χ2n) is 9.09. The number of benzene rings is 1. The van der Waals surface area contributed by atoms with E-state index in [2.05, 4.69) is 4.90 Å². The molecule has 160 valence electrons. The van der Waals surface area contributed by atoms with Crippen molar-refractivity contribution in [2.75, 3.05) is 38.2 Å². The summed E-state index contributed by atoms with van der Waals surface area (Å²) in [4.78, 5) is 27.2. The molecule has 2 aliphatic rings. The molecule has 0 N–H and O–H groups in total. The van der Waals surface area contributed by atoms with Gasteiger partial charge in [0.25, 0.3) is 0 Å². The molecule has 1 aromatic carbocycles. The van der Waals surface area contributed by atoms with Crippen LogP contribution in [0.1, 0.15) is 46.1 Å². The van der Waals surface area contributed by atoms with Gasteiger partial charge in [0.2, 0.25) is 0 Å². The van der Waals surface area contributed by atoms with Crippen molar-refractivity contribution in [2.24, 2.45) is 5.41 Å². The van der Waals surface area contributed by atoms with Crippen LogP contribution in [0.5, 0.6) is 5.75 Å². The molecule has 2 heterocycles. The van der Waals surface area contributed by atoms with Crippen molar-refractivity contribution in [1.82, 2.24) is 4.90 Å². The van der Waals surface area contributed by atoms with E-state index in [-0.39, 0.29) is 17.2 Å². The summed E-state index contributed by atoms with van der Waals surface area (Å²) in [7, 11) is 1.46. The second-order valence-corrected chi connectivity index (χ2v) is 9.09. The van der Waals surface area contributed by atoms with Gasteiger partial charge in [-0.05, 0) is 45.6 Å². The summed E-state index contributed by atoms with van der Waals surface area (Å²) in [5.74, 6) is 0.294. The van der Waals surface area contributed by atoms with E-state index in [1.807, 2.05) is 27.7 Å². The Bertz CT molecular complexity index is 786. The molecule has 0 radical (unpaired) electrons. The van der Waals surface area contributed by atoms with Crippen LogP contribution in [0.4, 0.5) is 16.2 Å². The molecule has 2 aliphatic heterocycles. The molecule has 3 rings (SSSR count). The van der Waals surface area contributed by atoms with Crippen molar-refractivity contribution in [2.45, 2.75) is 52.6 Å². The van der Waals surface area contributed by atoms with Crippen LogP contribution in [0.25, 0.3) is 0 Å². The Balaban J connectivity index is 1.66. The molecule has 29 heavy (non-hydrogen) atoms. The predicted octanol–water partition coefficient (Wildman–Crippen LogP) is 4.00. The fourth-order valence-corrected chi connectivity index (χ4v) is 4.24. The molecule has 0 aliphatic carbocycles. The van der Waals surface area contributed by atoms with Crippen molar-refractivity contribution in [1.29, 1.82) is 0 Å². The average molecular weight is 405 g/mol. The number of rotatable bonds is 4. The van der Waals surface area contributed by atoms with Gasteiger partial charge in [0, 0.05) is 49.4 Å². The van der Waals surface area contributed by atoms with Crippen molar-refractivity contribution in [3.05, 3.63) is 27.8 Å². The quantitative estimate of drug-likeness (QED) is 0.556. The lowest BCUT2D eigenvalue weighted by Crippen LogP contribution is -2.62. The number of nitro groups is 1. The van der Waals surface area contributed by atoms with Crippen molar-refractivity contribution < 1.29 is 19.2 Å². The molecular weight excluding hydrogens is 374 g/mol. The summed E-state index contributed by atoms with van der Waals surface area (Å²) in [6.07, 6.45) is 2.44. The van der Waals surface area contributed by atoms with Gasteiger partial charge >= 0.3 is 11.8 Å². The average Bonchev–Trinajstić information content (AvgIpc) is 2.63. The van der Waals surface area contributed by atoms with E-state index >= 15 is 0 Å². The maximum absolute atomic E-state index is 12.2. The molecule has 1 aromatic rings. The molecule has 8 nitrogen and oxygen atoms in total. The number of piperidine rings is 1. The minimum atomic E-state index is -0.477. The topological polar surface area (TPSA) is 85.2 Å². The summed E-state index contributed by atoms with van der Waals surface area (Å²) in [6.45, 7) is 10.8. The van der Waals surface area contributed by atoms with Crippen molar-refractivity contribution in [3.63, 3.8) is 0 Å². The Labute approximate surface area is 171 Å². The first-order chi connectivity index (χ1) is 13.6. The van der Waals surface area contributed by atoms with Crippen LogP contribution in [-0.2, 0) is 11.2 Å². The van der Waals surface area contributed by atoms with Gasteiger partial charge in [-0.1, -0.05) is 6.92 Å². The maximum atomic E-state index is 12.2. The first-order valence-electron chi connectivity index (χ1n) is 10.2. The smallest absolute Gasteiger partial charge is 0.410 e. The lowest BCUT2D eigenvalue weighted by Gasteiger charge is -2.54. The zero-order valence-corrected chi connectivity index (χ0v) is 18.0. The molecule has 0 bridgehead atoms. The lowest BCUT2D eigenvalue weighted by atomic mass is 9.72. The number of likely N-dealkylation sites (tertiary alicyclic amines) is 1. The monoisotopic (exact) mass is 405 g/mol. The fourth-order valence-electron chi connectivity index (χ4n) is 4.24. The number of aryl methyl sites for hydroxylation is 1. The van der Waals surface area contributed by atoms with Gasteiger partial charge in [0.15, 0.2) is 5.75 Å². The third-order valence-electron chi connectivity index (χ3n) is 5.83. The Morgan fingerprint density at radius 1 is 1.24 bits per heavy atom. The highest BCUT2D eigenvalue weighted by molar-refractivity contribution is 5.69. The van der Waals surface area contributed by atoms with Gasteiger partial charge in [-0.25, -0.2) is 4.79 Å². The number of nitrogens with zero attached hydrogens (tertiary/aromatic N) is 3. The number of hydrogen-bond donors (Lipinski definition) is 0. The number of carbonyl (C=O) groups is 1.